The Bertz CT molecular complexity index is 366. The molecule has 0 radical (unpaired) electrons. The van der Waals surface area contributed by atoms with Gasteiger partial charge in [-0.15, -0.1) is 0 Å². The van der Waals surface area contributed by atoms with Crippen LogP contribution in [0.15, 0.2) is 22.7 Å². The second-order valence-electron chi connectivity index (χ2n) is 3.12. The molecule has 0 aliphatic rings. The van der Waals surface area contributed by atoms with Gasteiger partial charge in [0.25, 0.3) is 0 Å². The maximum atomic E-state index is 11.4. The van der Waals surface area contributed by atoms with Crippen molar-refractivity contribution in [2.24, 2.45) is 5.73 Å². The summed E-state index contributed by atoms with van der Waals surface area (Å²) in [6, 6.07) is 4.81. The summed E-state index contributed by atoms with van der Waals surface area (Å²) in [7, 11) is 1.55. The number of hydrogen-bond acceptors (Lipinski definition) is 3. The molecule has 15 heavy (non-hydrogen) atoms. The van der Waals surface area contributed by atoms with Crippen molar-refractivity contribution in [1.29, 1.82) is 0 Å². The molecule has 0 fully saturated rings. The van der Waals surface area contributed by atoms with Gasteiger partial charge in [0, 0.05) is 4.47 Å². The van der Waals surface area contributed by atoms with E-state index < -0.39 is 6.04 Å². The highest BCUT2D eigenvalue weighted by molar-refractivity contribution is 9.10. The third kappa shape index (κ3) is 3.21. The molecule has 1 aromatic carbocycles. The average molecular weight is 273 g/mol. The number of methoxy groups -OCH3 is 1. The van der Waals surface area contributed by atoms with Crippen molar-refractivity contribution in [2.45, 2.75) is 13.0 Å². The minimum Gasteiger partial charge on any atom is -0.495 e. The number of benzene rings is 1. The zero-order valence-corrected chi connectivity index (χ0v) is 10.2. The smallest absolute Gasteiger partial charge is 0.241 e. The van der Waals surface area contributed by atoms with E-state index in [-0.39, 0.29) is 5.91 Å². The summed E-state index contributed by atoms with van der Waals surface area (Å²) in [5.41, 5.74) is 6.05. The Morgan fingerprint density at radius 3 is 2.80 bits per heavy atom. The number of rotatable bonds is 3. The predicted molar refractivity (Wildman–Crippen MR) is 63.0 cm³/mol. The Labute approximate surface area is 96.9 Å². The molecule has 0 aliphatic carbocycles. The lowest BCUT2D eigenvalue weighted by Crippen LogP contribution is -2.32. The first-order chi connectivity index (χ1) is 7.04. The molecule has 0 heterocycles. The summed E-state index contributed by atoms with van der Waals surface area (Å²) in [5.74, 6) is 0.360. The fourth-order valence-corrected chi connectivity index (χ4v) is 1.39. The molecule has 1 rings (SSSR count). The topological polar surface area (TPSA) is 64.3 Å². The van der Waals surface area contributed by atoms with E-state index in [4.69, 9.17) is 10.5 Å². The predicted octanol–water partition coefficient (Wildman–Crippen LogP) is 1.74. The summed E-state index contributed by atoms with van der Waals surface area (Å²) < 4.78 is 5.97. The standard InChI is InChI=1S/C10H13BrN2O2/c1-6(12)10(14)13-8-5-7(11)3-4-9(8)15-2/h3-6H,12H2,1-2H3,(H,13,14)/t6-/m0/s1. The molecule has 0 saturated heterocycles. The van der Waals surface area contributed by atoms with Gasteiger partial charge in [0.15, 0.2) is 0 Å². The molecule has 0 aromatic heterocycles. The summed E-state index contributed by atoms with van der Waals surface area (Å²) in [4.78, 5) is 11.4. The molecular weight excluding hydrogens is 260 g/mol. The average Bonchev–Trinajstić information content (AvgIpc) is 2.18. The van der Waals surface area contributed by atoms with Crippen molar-refractivity contribution in [2.75, 3.05) is 12.4 Å². The Balaban J connectivity index is 2.92. The van der Waals surface area contributed by atoms with E-state index in [0.717, 1.165) is 4.47 Å². The number of amides is 1. The summed E-state index contributed by atoms with van der Waals surface area (Å²) >= 11 is 3.31. The highest BCUT2D eigenvalue weighted by Crippen LogP contribution is 2.27. The number of nitrogens with two attached hydrogens (primary N) is 1. The molecule has 0 bridgehead atoms. The molecule has 5 heteroatoms. The Morgan fingerprint density at radius 1 is 1.60 bits per heavy atom. The van der Waals surface area contributed by atoms with E-state index in [1.54, 1.807) is 26.2 Å². The van der Waals surface area contributed by atoms with Crippen molar-refractivity contribution in [3.8, 4) is 5.75 Å². The van der Waals surface area contributed by atoms with Gasteiger partial charge in [-0.1, -0.05) is 15.9 Å². The number of carbonyl (C=O) groups is 1. The van der Waals surface area contributed by atoms with E-state index in [1.165, 1.54) is 0 Å². The minimum absolute atomic E-state index is 0.244. The molecule has 1 aromatic rings. The molecule has 1 amide bonds. The molecule has 1 atom stereocenters. The van der Waals surface area contributed by atoms with Crippen molar-refractivity contribution in [3.05, 3.63) is 22.7 Å². The number of halogens is 1. The fourth-order valence-electron chi connectivity index (χ4n) is 1.02. The van der Waals surface area contributed by atoms with E-state index in [9.17, 15) is 4.79 Å². The molecule has 0 saturated carbocycles. The zero-order valence-electron chi connectivity index (χ0n) is 8.58. The van der Waals surface area contributed by atoms with Crippen molar-refractivity contribution >= 4 is 27.5 Å². The van der Waals surface area contributed by atoms with Gasteiger partial charge in [0.2, 0.25) is 5.91 Å². The summed E-state index contributed by atoms with van der Waals surface area (Å²) in [5, 5.41) is 2.68. The Morgan fingerprint density at radius 2 is 2.27 bits per heavy atom. The van der Waals surface area contributed by atoms with Crippen LogP contribution in [0.2, 0.25) is 0 Å². The van der Waals surface area contributed by atoms with Gasteiger partial charge in [-0.3, -0.25) is 4.79 Å². The second-order valence-corrected chi connectivity index (χ2v) is 4.04. The van der Waals surface area contributed by atoms with Gasteiger partial charge in [0.05, 0.1) is 18.8 Å². The van der Waals surface area contributed by atoms with Crippen LogP contribution in [0.25, 0.3) is 0 Å². The maximum Gasteiger partial charge on any atom is 0.241 e. The Kier molecular flexibility index (Phi) is 4.11. The number of ether oxygens (including phenoxy) is 1. The molecule has 0 aliphatic heterocycles. The molecule has 4 nitrogen and oxygen atoms in total. The van der Waals surface area contributed by atoms with Crippen LogP contribution >= 0.6 is 15.9 Å². The molecule has 0 spiro atoms. The molecular formula is C10H13BrN2O2. The fraction of sp³-hybridized carbons (Fsp3) is 0.300. The number of carbonyl (C=O) groups excluding carboxylic acids is 1. The molecule has 82 valence electrons. The summed E-state index contributed by atoms with van der Waals surface area (Å²) in [6.07, 6.45) is 0. The summed E-state index contributed by atoms with van der Waals surface area (Å²) in [6.45, 7) is 1.62. The van der Waals surface area contributed by atoms with Crippen molar-refractivity contribution in [3.63, 3.8) is 0 Å². The van der Waals surface area contributed by atoms with Gasteiger partial charge in [-0.25, -0.2) is 0 Å². The van der Waals surface area contributed by atoms with Crippen LogP contribution in [0.1, 0.15) is 6.92 Å². The highest BCUT2D eigenvalue weighted by atomic mass is 79.9. The van der Waals surface area contributed by atoms with Gasteiger partial charge < -0.3 is 15.8 Å². The van der Waals surface area contributed by atoms with Gasteiger partial charge in [0.1, 0.15) is 5.75 Å². The Hall–Kier alpha value is -1.07. The maximum absolute atomic E-state index is 11.4. The first-order valence-corrected chi connectivity index (χ1v) is 5.24. The highest BCUT2D eigenvalue weighted by Gasteiger charge is 2.11. The third-order valence-corrected chi connectivity index (χ3v) is 2.33. The van der Waals surface area contributed by atoms with Crippen LogP contribution in [-0.4, -0.2) is 19.1 Å². The largest absolute Gasteiger partial charge is 0.495 e. The van der Waals surface area contributed by atoms with Crippen LogP contribution in [0.5, 0.6) is 5.75 Å². The zero-order chi connectivity index (χ0) is 11.4. The number of anilines is 1. The molecule has 0 unspecified atom stereocenters. The lowest BCUT2D eigenvalue weighted by molar-refractivity contribution is -0.117. The lowest BCUT2D eigenvalue weighted by Gasteiger charge is -2.11. The SMILES string of the molecule is COc1ccc(Br)cc1NC(=O)[C@H](C)N. The van der Waals surface area contributed by atoms with Gasteiger partial charge >= 0.3 is 0 Å². The van der Waals surface area contributed by atoms with E-state index in [1.807, 2.05) is 6.07 Å². The number of nitrogens with one attached hydrogen (secondary N) is 1. The van der Waals surface area contributed by atoms with Crippen LogP contribution < -0.4 is 15.8 Å². The van der Waals surface area contributed by atoms with E-state index in [2.05, 4.69) is 21.2 Å². The van der Waals surface area contributed by atoms with E-state index in [0.29, 0.717) is 11.4 Å². The van der Waals surface area contributed by atoms with Gasteiger partial charge in [-0.05, 0) is 25.1 Å². The first kappa shape index (κ1) is 12.0. The second kappa shape index (κ2) is 5.14. The van der Waals surface area contributed by atoms with Crippen molar-refractivity contribution < 1.29 is 9.53 Å². The van der Waals surface area contributed by atoms with Gasteiger partial charge in [-0.2, -0.15) is 0 Å². The van der Waals surface area contributed by atoms with Crippen molar-refractivity contribution in [1.82, 2.24) is 0 Å². The number of hydrogen-bond donors (Lipinski definition) is 2. The first-order valence-electron chi connectivity index (χ1n) is 4.44. The van der Waals surface area contributed by atoms with Crippen LogP contribution in [0.4, 0.5) is 5.69 Å². The monoisotopic (exact) mass is 272 g/mol. The lowest BCUT2D eigenvalue weighted by atomic mass is 10.2. The minimum atomic E-state index is -0.548. The third-order valence-electron chi connectivity index (χ3n) is 1.83. The van der Waals surface area contributed by atoms with Crippen LogP contribution in [-0.2, 0) is 4.79 Å². The molecule has 3 N–H and O–H groups in total. The van der Waals surface area contributed by atoms with E-state index >= 15 is 0 Å². The normalized spacial score (nSPS) is 12.0. The van der Waals surface area contributed by atoms with Crippen LogP contribution in [0.3, 0.4) is 0 Å². The quantitative estimate of drug-likeness (QED) is 0.881. The van der Waals surface area contributed by atoms with Crippen LogP contribution in [0, 0.1) is 0 Å².